The monoisotopic (exact) mass is 461 g/mol. The molecule has 1 aliphatic heterocycles. The van der Waals surface area contributed by atoms with E-state index in [1.807, 2.05) is 0 Å². The molecule has 3 rings (SSSR count). The van der Waals surface area contributed by atoms with Gasteiger partial charge in [0.15, 0.2) is 0 Å². The van der Waals surface area contributed by atoms with E-state index in [1.165, 1.54) is 18.5 Å². The third-order valence-corrected chi connectivity index (χ3v) is 4.92. The number of hydrogen-bond acceptors (Lipinski definition) is 9. The van der Waals surface area contributed by atoms with Crippen LogP contribution in [0.25, 0.3) is 11.0 Å². The van der Waals surface area contributed by atoms with Crippen LogP contribution < -0.4 is 10.9 Å². The standard InChI is InChI=1S/C21H28BN3O8/c1-5-31-19(27)16-12-25(18-15(17(16)26)8-13(9-23-18)22(29)30)11-14-10-24(6-7-32-14)20(28)33-21(2,3)4/h8-9,12,14,29-30H,5-7,10-11H2,1-4H3. The Balaban J connectivity index is 1.96. The van der Waals surface area contributed by atoms with Gasteiger partial charge in [0.1, 0.15) is 16.8 Å². The molecule has 1 fully saturated rings. The van der Waals surface area contributed by atoms with Crippen LogP contribution in [-0.2, 0) is 20.8 Å². The molecular formula is C21H28BN3O8. The van der Waals surface area contributed by atoms with Gasteiger partial charge in [0, 0.05) is 24.4 Å². The summed E-state index contributed by atoms with van der Waals surface area (Å²) in [5.74, 6) is -0.798. The van der Waals surface area contributed by atoms with Crippen LogP contribution in [0.1, 0.15) is 38.1 Å². The molecule has 0 bridgehead atoms. The summed E-state index contributed by atoms with van der Waals surface area (Å²) in [6.45, 7) is 8.16. The molecule has 1 amide bonds. The van der Waals surface area contributed by atoms with E-state index >= 15 is 0 Å². The molecule has 0 aromatic carbocycles. The molecule has 1 unspecified atom stereocenters. The number of carbonyl (C=O) groups excluding carboxylic acids is 2. The summed E-state index contributed by atoms with van der Waals surface area (Å²) < 4.78 is 17.8. The van der Waals surface area contributed by atoms with Gasteiger partial charge in [0.2, 0.25) is 5.43 Å². The Morgan fingerprint density at radius 3 is 2.70 bits per heavy atom. The zero-order valence-corrected chi connectivity index (χ0v) is 19.1. The normalized spacial score (nSPS) is 16.5. The number of carbonyl (C=O) groups is 2. The summed E-state index contributed by atoms with van der Waals surface area (Å²) in [5, 5.41) is 19.0. The minimum absolute atomic E-state index is 0.0113. The number of esters is 1. The highest BCUT2D eigenvalue weighted by molar-refractivity contribution is 6.58. The van der Waals surface area contributed by atoms with E-state index in [0.717, 1.165) is 0 Å². The lowest BCUT2D eigenvalue weighted by Gasteiger charge is -2.34. The van der Waals surface area contributed by atoms with Crippen molar-refractivity contribution in [1.29, 1.82) is 0 Å². The van der Waals surface area contributed by atoms with Crippen molar-refractivity contribution < 1.29 is 33.8 Å². The van der Waals surface area contributed by atoms with E-state index in [2.05, 4.69) is 4.98 Å². The fourth-order valence-corrected chi connectivity index (χ4v) is 3.47. The van der Waals surface area contributed by atoms with Crippen molar-refractivity contribution in [2.45, 2.75) is 45.9 Å². The van der Waals surface area contributed by atoms with Crippen LogP contribution >= 0.6 is 0 Å². The van der Waals surface area contributed by atoms with Gasteiger partial charge >= 0.3 is 19.2 Å². The lowest BCUT2D eigenvalue weighted by atomic mass is 9.81. The Labute approximate surface area is 191 Å². The number of rotatable bonds is 5. The Morgan fingerprint density at radius 2 is 2.06 bits per heavy atom. The molecule has 0 aliphatic carbocycles. The SMILES string of the molecule is CCOC(=O)c1cn(CC2CN(C(=O)OC(C)(C)C)CCO2)c2ncc(B(O)O)cc2c1=O. The van der Waals surface area contributed by atoms with Crippen LogP contribution in [0.4, 0.5) is 4.79 Å². The molecule has 2 N–H and O–H groups in total. The second kappa shape index (κ2) is 9.90. The number of fused-ring (bicyclic) bond motifs is 1. The minimum Gasteiger partial charge on any atom is -0.462 e. The van der Waals surface area contributed by atoms with Crippen LogP contribution in [0.3, 0.4) is 0 Å². The van der Waals surface area contributed by atoms with Crippen LogP contribution in [0.15, 0.2) is 23.3 Å². The number of aromatic nitrogens is 2. The van der Waals surface area contributed by atoms with Crippen LogP contribution in [0.2, 0.25) is 0 Å². The van der Waals surface area contributed by atoms with Crippen molar-refractivity contribution in [1.82, 2.24) is 14.5 Å². The molecule has 12 heteroatoms. The number of pyridine rings is 2. The predicted molar refractivity (Wildman–Crippen MR) is 119 cm³/mol. The molecule has 11 nitrogen and oxygen atoms in total. The zero-order valence-electron chi connectivity index (χ0n) is 19.1. The van der Waals surface area contributed by atoms with E-state index in [4.69, 9.17) is 14.2 Å². The Kier molecular flexibility index (Phi) is 7.40. The van der Waals surface area contributed by atoms with Gasteiger partial charge in [-0.1, -0.05) is 0 Å². The fourth-order valence-electron chi connectivity index (χ4n) is 3.47. The molecule has 1 atom stereocenters. The first-order valence-corrected chi connectivity index (χ1v) is 10.7. The fraction of sp³-hybridized carbons (Fsp3) is 0.524. The number of morpholine rings is 1. The quantitative estimate of drug-likeness (QED) is 0.461. The maximum atomic E-state index is 12.9. The number of amides is 1. The van der Waals surface area contributed by atoms with Crippen molar-refractivity contribution in [3.8, 4) is 0 Å². The Bertz CT molecular complexity index is 1100. The minimum atomic E-state index is -1.83. The van der Waals surface area contributed by atoms with Gasteiger partial charge in [0.05, 0.1) is 37.8 Å². The average Bonchev–Trinajstić information content (AvgIpc) is 2.74. The predicted octanol–water partition coefficient (Wildman–Crippen LogP) is -0.111. The van der Waals surface area contributed by atoms with Gasteiger partial charge in [-0.3, -0.25) is 4.79 Å². The zero-order chi connectivity index (χ0) is 24.3. The first-order chi connectivity index (χ1) is 15.5. The van der Waals surface area contributed by atoms with Crippen molar-refractivity contribution in [3.05, 3.63) is 34.2 Å². The van der Waals surface area contributed by atoms with Crippen molar-refractivity contribution in [2.24, 2.45) is 0 Å². The van der Waals surface area contributed by atoms with E-state index in [0.29, 0.717) is 13.2 Å². The summed E-state index contributed by atoms with van der Waals surface area (Å²) in [5.41, 5.74) is -1.23. The molecule has 2 aromatic rings. The molecule has 1 saturated heterocycles. The smallest absolute Gasteiger partial charge is 0.462 e. The number of hydrogen-bond donors (Lipinski definition) is 2. The largest absolute Gasteiger partial charge is 0.490 e. The highest BCUT2D eigenvalue weighted by atomic mass is 16.6. The van der Waals surface area contributed by atoms with Crippen molar-refractivity contribution in [2.75, 3.05) is 26.3 Å². The maximum absolute atomic E-state index is 12.9. The van der Waals surface area contributed by atoms with Crippen LogP contribution in [0.5, 0.6) is 0 Å². The first kappa shape index (κ1) is 24.7. The van der Waals surface area contributed by atoms with E-state index in [-0.39, 0.29) is 41.8 Å². The molecule has 0 spiro atoms. The molecule has 1 aliphatic rings. The Morgan fingerprint density at radius 1 is 1.33 bits per heavy atom. The molecule has 178 valence electrons. The molecule has 33 heavy (non-hydrogen) atoms. The number of ether oxygens (including phenoxy) is 3. The van der Waals surface area contributed by atoms with E-state index in [1.54, 1.807) is 37.2 Å². The highest BCUT2D eigenvalue weighted by Crippen LogP contribution is 2.16. The summed E-state index contributed by atoms with van der Waals surface area (Å²) in [7, 11) is -1.83. The van der Waals surface area contributed by atoms with Gasteiger partial charge in [-0.15, -0.1) is 0 Å². The van der Waals surface area contributed by atoms with Gasteiger partial charge in [0.25, 0.3) is 0 Å². The van der Waals surface area contributed by atoms with Crippen LogP contribution in [0, 0.1) is 0 Å². The second-order valence-corrected chi connectivity index (χ2v) is 8.68. The van der Waals surface area contributed by atoms with Crippen molar-refractivity contribution in [3.63, 3.8) is 0 Å². The maximum Gasteiger partial charge on any atom is 0.490 e. The van der Waals surface area contributed by atoms with Gasteiger partial charge in [-0.2, -0.15) is 0 Å². The topological polar surface area (TPSA) is 140 Å². The van der Waals surface area contributed by atoms with E-state index in [9.17, 15) is 24.4 Å². The van der Waals surface area contributed by atoms with Gasteiger partial charge < -0.3 is 33.7 Å². The first-order valence-electron chi connectivity index (χ1n) is 10.7. The second-order valence-electron chi connectivity index (χ2n) is 8.68. The molecule has 3 heterocycles. The molecule has 2 aromatic heterocycles. The molecule has 0 radical (unpaired) electrons. The number of nitrogens with zero attached hydrogens (tertiary/aromatic N) is 3. The molecule has 0 saturated carbocycles. The van der Waals surface area contributed by atoms with Crippen LogP contribution in [-0.4, -0.2) is 81.7 Å². The lowest BCUT2D eigenvalue weighted by Crippen LogP contribution is -2.48. The van der Waals surface area contributed by atoms with E-state index < -0.39 is 36.3 Å². The summed E-state index contributed by atoms with van der Waals surface area (Å²) in [4.78, 5) is 43.5. The average molecular weight is 461 g/mol. The highest BCUT2D eigenvalue weighted by Gasteiger charge is 2.29. The van der Waals surface area contributed by atoms with Crippen molar-refractivity contribution >= 4 is 35.7 Å². The third kappa shape index (κ3) is 5.89. The third-order valence-electron chi connectivity index (χ3n) is 4.92. The summed E-state index contributed by atoms with van der Waals surface area (Å²) >= 11 is 0. The lowest BCUT2D eigenvalue weighted by molar-refractivity contribution is -0.0470. The summed E-state index contributed by atoms with van der Waals surface area (Å²) in [6.07, 6.45) is 1.67. The van der Waals surface area contributed by atoms with Gasteiger partial charge in [-0.25, -0.2) is 14.6 Å². The Hall–Kier alpha value is -2.96. The molecular weight excluding hydrogens is 433 g/mol. The summed E-state index contributed by atoms with van der Waals surface area (Å²) in [6, 6.07) is 1.28. The van der Waals surface area contributed by atoms with Gasteiger partial charge in [-0.05, 0) is 33.8 Å².